The molecule has 1 unspecified atom stereocenters. The van der Waals surface area contributed by atoms with E-state index in [2.05, 4.69) is 5.32 Å². The smallest absolute Gasteiger partial charge is 0.325 e. The highest BCUT2D eigenvalue weighted by Gasteiger charge is 2.49. The maximum absolute atomic E-state index is 13.6. The van der Waals surface area contributed by atoms with Crippen molar-refractivity contribution in [2.75, 3.05) is 20.7 Å². The van der Waals surface area contributed by atoms with E-state index in [0.29, 0.717) is 5.75 Å². The highest BCUT2D eigenvalue weighted by molar-refractivity contribution is 6.09. The van der Waals surface area contributed by atoms with Crippen molar-refractivity contribution in [3.05, 3.63) is 65.2 Å². The molecule has 0 radical (unpaired) electrons. The van der Waals surface area contributed by atoms with Gasteiger partial charge >= 0.3 is 6.03 Å². The molecule has 0 bridgehead atoms. The summed E-state index contributed by atoms with van der Waals surface area (Å²) < 4.78 is 32.1. The highest BCUT2D eigenvalue weighted by Crippen LogP contribution is 2.30. The second-order valence-corrected chi connectivity index (χ2v) is 7.14. The van der Waals surface area contributed by atoms with E-state index in [-0.39, 0.29) is 12.1 Å². The molecule has 7 nitrogen and oxygen atoms in total. The lowest BCUT2D eigenvalue weighted by atomic mass is 9.92. The molecule has 0 aliphatic carbocycles. The number of halogens is 2. The molecule has 30 heavy (non-hydrogen) atoms. The molecule has 1 atom stereocenters. The Balaban J connectivity index is 1.74. The number of likely N-dealkylation sites (N-methyl/N-ethyl adjacent to an activating group) is 1. The summed E-state index contributed by atoms with van der Waals surface area (Å²) in [5.41, 5.74) is -0.760. The molecule has 0 aromatic heterocycles. The van der Waals surface area contributed by atoms with Gasteiger partial charge in [-0.15, -0.1) is 0 Å². The Morgan fingerprint density at radius 1 is 1.17 bits per heavy atom. The van der Waals surface area contributed by atoms with Gasteiger partial charge in [0.1, 0.15) is 17.8 Å². The van der Waals surface area contributed by atoms with Gasteiger partial charge in [-0.3, -0.25) is 14.5 Å². The normalized spacial score (nSPS) is 18.4. The van der Waals surface area contributed by atoms with Gasteiger partial charge in [0.25, 0.3) is 5.91 Å². The SMILES string of the molecule is COc1ccccc1CN(C)C(=O)CN1C(=O)NC(C)(c2ccc(F)c(F)c2)C1=O. The average Bonchev–Trinajstić information content (AvgIpc) is 2.94. The first kappa shape index (κ1) is 21.2. The van der Waals surface area contributed by atoms with Crippen LogP contribution in [0.5, 0.6) is 5.75 Å². The van der Waals surface area contributed by atoms with Gasteiger partial charge in [0.15, 0.2) is 11.6 Å². The molecule has 1 heterocycles. The van der Waals surface area contributed by atoms with Gasteiger partial charge < -0.3 is 15.0 Å². The van der Waals surface area contributed by atoms with Gasteiger partial charge in [-0.2, -0.15) is 0 Å². The number of methoxy groups -OCH3 is 1. The predicted molar refractivity (Wildman–Crippen MR) is 103 cm³/mol. The number of nitrogens with one attached hydrogen (secondary N) is 1. The fourth-order valence-corrected chi connectivity index (χ4v) is 3.28. The number of benzene rings is 2. The summed E-state index contributed by atoms with van der Waals surface area (Å²) in [6.45, 7) is 1.10. The molecular formula is C21H21F2N3O4. The van der Waals surface area contributed by atoms with E-state index >= 15 is 0 Å². The van der Waals surface area contributed by atoms with Crippen molar-refractivity contribution in [1.29, 1.82) is 0 Å². The maximum Gasteiger partial charge on any atom is 0.325 e. The second-order valence-electron chi connectivity index (χ2n) is 7.14. The summed E-state index contributed by atoms with van der Waals surface area (Å²) in [4.78, 5) is 40.0. The first-order valence-electron chi connectivity index (χ1n) is 9.13. The highest BCUT2D eigenvalue weighted by atomic mass is 19.2. The third kappa shape index (κ3) is 3.83. The topological polar surface area (TPSA) is 79.0 Å². The van der Waals surface area contributed by atoms with Crippen molar-refractivity contribution >= 4 is 17.8 Å². The molecule has 1 fully saturated rings. The molecule has 1 aliphatic heterocycles. The molecule has 9 heteroatoms. The van der Waals surface area contributed by atoms with Crippen LogP contribution in [0.1, 0.15) is 18.1 Å². The van der Waals surface area contributed by atoms with E-state index in [0.717, 1.165) is 22.6 Å². The zero-order chi connectivity index (χ0) is 22.1. The first-order valence-corrected chi connectivity index (χ1v) is 9.13. The molecule has 1 aliphatic rings. The minimum atomic E-state index is -1.60. The summed E-state index contributed by atoms with van der Waals surface area (Å²) in [5.74, 6) is -2.79. The van der Waals surface area contributed by atoms with Crippen molar-refractivity contribution < 1.29 is 27.9 Å². The fraction of sp³-hybridized carbons (Fsp3) is 0.286. The van der Waals surface area contributed by atoms with Crippen LogP contribution in [0.15, 0.2) is 42.5 Å². The minimum absolute atomic E-state index is 0.0806. The number of carbonyl (C=O) groups is 3. The molecule has 2 aromatic carbocycles. The lowest BCUT2D eigenvalue weighted by molar-refractivity contribution is -0.138. The monoisotopic (exact) mass is 417 g/mol. The molecule has 1 N–H and O–H groups in total. The third-order valence-corrected chi connectivity index (χ3v) is 5.09. The largest absolute Gasteiger partial charge is 0.496 e. The Morgan fingerprint density at radius 3 is 2.53 bits per heavy atom. The van der Waals surface area contributed by atoms with Crippen molar-refractivity contribution in [2.45, 2.75) is 19.0 Å². The van der Waals surface area contributed by atoms with Crippen molar-refractivity contribution in [3.63, 3.8) is 0 Å². The standard InChI is InChI=1S/C21H21F2N3O4/c1-21(14-8-9-15(22)16(23)10-14)19(28)26(20(29)24-21)12-18(27)25(2)11-13-6-4-5-7-17(13)30-3/h4-10H,11-12H2,1-3H3,(H,24,29). The zero-order valence-electron chi connectivity index (χ0n) is 16.7. The van der Waals surface area contributed by atoms with E-state index in [1.54, 1.807) is 31.3 Å². The Labute approximate surface area is 172 Å². The number of rotatable bonds is 6. The number of ether oxygens (including phenoxy) is 1. The van der Waals surface area contributed by atoms with Crippen LogP contribution >= 0.6 is 0 Å². The van der Waals surface area contributed by atoms with Crippen LogP contribution in [0, 0.1) is 11.6 Å². The Kier molecular flexibility index (Phi) is 5.73. The summed E-state index contributed by atoms with van der Waals surface area (Å²) in [6.07, 6.45) is 0. The number of carbonyl (C=O) groups excluding carboxylic acids is 3. The molecule has 0 spiro atoms. The lowest BCUT2D eigenvalue weighted by Gasteiger charge is -2.23. The number of amides is 4. The van der Waals surface area contributed by atoms with Crippen LogP contribution in [0.3, 0.4) is 0 Å². The number of hydrogen-bond donors (Lipinski definition) is 1. The first-order chi connectivity index (χ1) is 14.2. The van der Waals surface area contributed by atoms with E-state index in [9.17, 15) is 23.2 Å². The van der Waals surface area contributed by atoms with Crippen LogP contribution in [-0.4, -0.2) is 48.3 Å². The number of urea groups is 1. The summed E-state index contributed by atoms with van der Waals surface area (Å²) in [7, 11) is 3.06. The van der Waals surface area contributed by atoms with E-state index < -0.39 is 41.6 Å². The molecule has 4 amide bonds. The van der Waals surface area contributed by atoms with Gasteiger partial charge in [0, 0.05) is 19.2 Å². The van der Waals surface area contributed by atoms with Crippen molar-refractivity contribution in [1.82, 2.24) is 15.1 Å². The fourth-order valence-electron chi connectivity index (χ4n) is 3.28. The van der Waals surface area contributed by atoms with Crippen LogP contribution in [0.25, 0.3) is 0 Å². The molecular weight excluding hydrogens is 396 g/mol. The van der Waals surface area contributed by atoms with E-state index in [4.69, 9.17) is 4.74 Å². The Morgan fingerprint density at radius 2 is 1.87 bits per heavy atom. The number of imide groups is 1. The van der Waals surface area contributed by atoms with Crippen LogP contribution in [0.4, 0.5) is 13.6 Å². The number of para-hydroxylation sites is 1. The molecule has 0 saturated carbocycles. The number of hydrogen-bond acceptors (Lipinski definition) is 4. The molecule has 2 aromatic rings. The van der Waals surface area contributed by atoms with Gasteiger partial charge in [0.2, 0.25) is 5.91 Å². The van der Waals surface area contributed by atoms with E-state index in [1.807, 2.05) is 0 Å². The Bertz CT molecular complexity index is 1010. The minimum Gasteiger partial charge on any atom is -0.496 e. The summed E-state index contributed by atoms with van der Waals surface area (Å²) in [6, 6.07) is 9.34. The van der Waals surface area contributed by atoms with Gasteiger partial charge in [0.05, 0.1) is 7.11 Å². The van der Waals surface area contributed by atoms with E-state index in [1.165, 1.54) is 25.0 Å². The molecule has 158 valence electrons. The van der Waals surface area contributed by atoms with Crippen LogP contribution in [0.2, 0.25) is 0 Å². The molecule has 1 saturated heterocycles. The van der Waals surface area contributed by atoms with Crippen molar-refractivity contribution in [3.8, 4) is 5.75 Å². The predicted octanol–water partition coefficient (Wildman–Crippen LogP) is 2.40. The van der Waals surface area contributed by atoms with Crippen molar-refractivity contribution in [2.24, 2.45) is 0 Å². The van der Waals surface area contributed by atoms with Crippen LogP contribution in [-0.2, 0) is 21.7 Å². The van der Waals surface area contributed by atoms with Crippen LogP contribution < -0.4 is 10.1 Å². The van der Waals surface area contributed by atoms with Gasteiger partial charge in [-0.05, 0) is 30.7 Å². The lowest BCUT2D eigenvalue weighted by Crippen LogP contribution is -2.43. The second kappa shape index (κ2) is 8.10. The number of nitrogens with zero attached hydrogens (tertiary/aromatic N) is 2. The van der Waals surface area contributed by atoms with Gasteiger partial charge in [-0.25, -0.2) is 13.6 Å². The quantitative estimate of drug-likeness (QED) is 0.733. The van der Waals surface area contributed by atoms with Gasteiger partial charge in [-0.1, -0.05) is 24.3 Å². The zero-order valence-corrected chi connectivity index (χ0v) is 16.7. The molecule has 3 rings (SSSR count). The summed E-state index contributed by atoms with van der Waals surface area (Å²) in [5, 5.41) is 2.46. The maximum atomic E-state index is 13.6. The summed E-state index contributed by atoms with van der Waals surface area (Å²) >= 11 is 0. The Hall–Kier alpha value is -3.49. The third-order valence-electron chi connectivity index (χ3n) is 5.09. The average molecular weight is 417 g/mol.